The van der Waals surface area contributed by atoms with Crippen LogP contribution in [0.2, 0.25) is 0 Å². The molecule has 2 aromatic carbocycles. The molecule has 0 aliphatic carbocycles. The average Bonchev–Trinajstić information content (AvgIpc) is 2.65. The first kappa shape index (κ1) is 20.0. The van der Waals surface area contributed by atoms with Gasteiger partial charge in [0.25, 0.3) is 0 Å². The smallest absolute Gasteiger partial charge is 0.245 e. The monoisotopic (exact) mass is 406 g/mol. The first-order valence-corrected chi connectivity index (χ1v) is 10.5. The number of fused-ring (bicyclic) bond motifs is 1. The number of amides is 1. The van der Waals surface area contributed by atoms with Gasteiger partial charge in [-0.2, -0.15) is 0 Å². The Bertz CT molecular complexity index is 961. The predicted octanol–water partition coefficient (Wildman–Crippen LogP) is 2.01. The van der Waals surface area contributed by atoms with E-state index in [4.69, 9.17) is 14.2 Å². The Hall–Kier alpha value is -2.78. The van der Waals surface area contributed by atoms with E-state index in [0.29, 0.717) is 42.7 Å². The molecule has 1 heterocycles. The summed E-state index contributed by atoms with van der Waals surface area (Å²) in [5.74, 6) is 0.530. The lowest BCUT2D eigenvalue weighted by Gasteiger charge is -2.24. The van der Waals surface area contributed by atoms with Crippen molar-refractivity contribution in [2.24, 2.45) is 0 Å². The second-order valence-electron chi connectivity index (χ2n) is 6.28. The highest BCUT2D eigenvalue weighted by Gasteiger charge is 2.23. The Morgan fingerprint density at radius 3 is 2.61 bits per heavy atom. The van der Waals surface area contributed by atoms with Crippen LogP contribution in [0, 0.1) is 0 Å². The molecule has 3 rings (SSSR count). The molecule has 9 heteroatoms. The number of benzene rings is 2. The maximum Gasteiger partial charge on any atom is 0.245 e. The molecule has 0 unspecified atom stereocenters. The Balaban J connectivity index is 1.78. The second kappa shape index (κ2) is 8.49. The Kier molecular flexibility index (Phi) is 6.05. The molecule has 8 nitrogen and oxygen atoms in total. The van der Waals surface area contributed by atoms with Crippen LogP contribution in [-0.4, -0.2) is 47.4 Å². The molecule has 0 spiro atoms. The van der Waals surface area contributed by atoms with Gasteiger partial charge in [-0.05, 0) is 29.8 Å². The fraction of sp³-hybridized carbons (Fsp3) is 0.316. The fourth-order valence-corrected chi connectivity index (χ4v) is 3.67. The van der Waals surface area contributed by atoms with Crippen LogP contribution in [0.15, 0.2) is 42.5 Å². The highest BCUT2D eigenvalue weighted by molar-refractivity contribution is 7.92. The minimum Gasteiger partial charge on any atom is -0.486 e. The molecule has 0 aromatic heterocycles. The van der Waals surface area contributed by atoms with Crippen molar-refractivity contribution in [3.05, 3.63) is 48.0 Å². The number of carbonyl (C=O) groups is 1. The molecule has 0 fully saturated rings. The molecule has 1 N–H and O–H groups in total. The van der Waals surface area contributed by atoms with E-state index in [9.17, 15) is 13.2 Å². The van der Waals surface area contributed by atoms with E-state index in [1.54, 1.807) is 43.5 Å². The third kappa shape index (κ3) is 4.93. The summed E-state index contributed by atoms with van der Waals surface area (Å²) in [6, 6.07) is 11.9. The zero-order valence-electron chi connectivity index (χ0n) is 15.7. The number of anilines is 2. The molecular formula is C19H22N2O6S. The normalized spacial score (nSPS) is 13.1. The number of hydrogen-bond donors (Lipinski definition) is 1. The summed E-state index contributed by atoms with van der Waals surface area (Å²) in [5.41, 5.74) is 1.79. The third-order valence-electron chi connectivity index (χ3n) is 4.02. The molecule has 0 atom stereocenters. The van der Waals surface area contributed by atoms with Crippen molar-refractivity contribution in [2.45, 2.75) is 6.61 Å². The quantitative estimate of drug-likeness (QED) is 0.756. The lowest BCUT2D eigenvalue weighted by Crippen LogP contribution is -2.37. The largest absolute Gasteiger partial charge is 0.486 e. The van der Waals surface area contributed by atoms with Gasteiger partial charge in [-0.1, -0.05) is 12.1 Å². The van der Waals surface area contributed by atoms with Crippen LogP contribution in [0.3, 0.4) is 0 Å². The van der Waals surface area contributed by atoms with Gasteiger partial charge in [0.2, 0.25) is 15.9 Å². The average molecular weight is 406 g/mol. The minimum absolute atomic E-state index is 0.329. The van der Waals surface area contributed by atoms with Crippen molar-refractivity contribution >= 4 is 27.3 Å². The van der Waals surface area contributed by atoms with E-state index in [-0.39, 0.29) is 6.54 Å². The van der Waals surface area contributed by atoms with Gasteiger partial charge in [0, 0.05) is 18.9 Å². The van der Waals surface area contributed by atoms with Crippen molar-refractivity contribution in [1.82, 2.24) is 0 Å². The number of carbonyl (C=O) groups excluding carboxylic acids is 1. The van der Waals surface area contributed by atoms with Gasteiger partial charge in [0.05, 0.1) is 18.6 Å². The molecule has 150 valence electrons. The molecule has 0 saturated carbocycles. The molecule has 0 saturated heterocycles. The SMILES string of the molecule is COCc1cccc(NC(=O)CN(c2ccc3c(c2)OCCO3)S(C)(=O)=O)c1. The number of nitrogens with zero attached hydrogens (tertiary/aromatic N) is 1. The molecule has 0 radical (unpaired) electrons. The topological polar surface area (TPSA) is 94.2 Å². The van der Waals surface area contributed by atoms with Crippen LogP contribution in [-0.2, 0) is 26.2 Å². The molecule has 2 aromatic rings. The number of ether oxygens (including phenoxy) is 3. The van der Waals surface area contributed by atoms with E-state index >= 15 is 0 Å². The standard InChI is InChI=1S/C19H22N2O6S/c1-25-13-14-4-3-5-15(10-14)20-19(22)12-21(28(2,23)24)16-6-7-17-18(11-16)27-9-8-26-17/h3-7,10-11H,8-9,12-13H2,1-2H3,(H,20,22). The number of nitrogens with one attached hydrogen (secondary N) is 1. The molecule has 1 aliphatic rings. The van der Waals surface area contributed by atoms with Gasteiger partial charge in [-0.3, -0.25) is 9.10 Å². The van der Waals surface area contributed by atoms with Crippen molar-refractivity contribution in [3.63, 3.8) is 0 Å². The Labute approximate surface area is 164 Å². The van der Waals surface area contributed by atoms with Crippen LogP contribution in [0.5, 0.6) is 11.5 Å². The van der Waals surface area contributed by atoms with Crippen molar-refractivity contribution in [3.8, 4) is 11.5 Å². The van der Waals surface area contributed by atoms with Gasteiger partial charge >= 0.3 is 0 Å². The summed E-state index contributed by atoms with van der Waals surface area (Å²) in [4.78, 5) is 12.5. The molecule has 0 bridgehead atoms. The number of hydrogen-bond acceptors (Lipinski definition) is 6. The van der Waals surface area contributed by atoms with Gasteiger partial charge in [0.15, 0.2) is 11.5 Å². The first-order valence-electron chi connectivity index (χ1n) is 8.62. The molecule has 1 aliphatic heterocycles. The molecule has 28 heavy (non-hydrogen) atoms. The van der Waals surface area contributed by atoms with Gasteiger partial charge < -0.3 is 19.5 Å². The van der Waals surface area contributed by atoms with Crippen LogP contribution in [0.1, 0.15) is 5.56 Å². The highest BCUT2D eigenvalue weighted by Crippen LogP contribution is 2.34. The summed E-state index contributed by atoms with van der Waals surface area (Å²) >= 11 is 0. The van der Waals surface area contributed by atoms with Crippen molar-refractivity contribution in [2.75, 3.05) is 42.7 Å². The predicted molar refractivity (Wildman–Crippen MR) is 105 cm³/mol. The molecule has 1 amide bonds. The second-order valence-corrected chi connectivity index (χ2v) is 8.19. The Morgan fingerprint density at radius 2 is 1.89 bits per heavy atom. The summed E-state index contributed by atoms with van der Waals surface area (Å²) in [6.45, 7) is 0.865. The van der Waals surface area contributed by atoms with Crippen molar-refractivity contribution < 1.29 is 27.4 Å². The zero-order chi connectivity index (χ0) is 20.1. The maximum absolute atomic E-state index is 12.5. The van der Waals surface area contributed by atoms with E-state index in [1.165, 1.54) is 0 Å². The van der Waals surface area contributed by atoms with Gasteiger partial charge in [-0.25, -0.2) is 8.42 Å². The van der Waals surface area contributed by atoms with Crippen LogP contribution >= 0.6 is 0 Å². The summed E-state index contributed by atoms with van der Waals surface area (Å²) < 4.78 is 41.6. The van der Waals surface area contributed by atoms with E-state index in [0.717, 1.165) is 16.1 Å². The van der Waals surface area contributed by atoms with Crippen molar-refractivity contribution in [1.29, 1.82) is 0 Å². The van der Waals surface area contributed by atoms with Gasteiger partial charge in [-0.15, -0.1) is 0 Å². The fourth-order valence-electron chi connectivity index (χ4n) is 2.82. The van der Waals surface area contributed by atoms with Crippen LogP contribution in [0.25, 0.3) is 0 Å². The van der Waals surface area contributed by atoms with Gasteiger partial charge in [0.1, 0.15) is 19.8 Å². The zero-order valence-corrected chi connectivity index (χ0v) is 16.5. The van der Waals surface area contributed by atoms with E-state index in [2.05, 4.69) is 5.32 Å². The maximum atomic E-state index is 12.5. The number of methoxy groups -OCH3 is 1. The van der Waals surface area contributed by atoms with Crippen LogP contribution in [0.4, 0.5) is 11.4 Å². The van der Waals surface area contributed by atoms with E-state index in [1.807, 2.05) is 6.07 Å². The lowest BCUT2D eigenvalue weighted by molar-refractivity contribution is -0.114. The number of sulfonamides is 1. The summed E-state index contributed by atoms with van der Waals surface area (Å²) in [5, 5.41) is 2.72. The summed E-state index contributed by atoms with van der Waals surface area (Å²) in [6.07, 6.45) is 1.05. The highest BCUT2D eigenvalue weighted by atomic mass is 32.2. The number of rotatable bonds is 7. The third-order valence-corrected chi connectivity index (χ3v) is 5.16. The minimum atomic E-state index is -3.69. The Morgan fingerprint density at radius 1 is 1.14 bits per heavy atom. The molecular weight excluding hydrogens is 384 g/mol. The summed E-state index contributed by atoms with van der Waals surface area (Å²) in [7, 11) is -2.11. The first-order chi connectivity index (χ1) is 13.4. The lowest BCUT2D eigenvalue weighted by atomic mass is 10.2. The van der Waals surface area contributed by atoms with E-state index < -0.39 is 15.9 Å². The van der Waals surface area contributed by atoms with Crippen LogP contribution < -0.4 is 19.1 Å².